The van der Waals surface area contributed by atoms with Crippen molar-refractivity contribution in [3.8, 4) is 0 Å². The molecule has 4 heteroatoms. The van der Waals surface area contributed by atoms with Crippen LogP contribution in [0.3, 0.4) is 0 Å². The molecule has 1 heterocycles. The van der Waals surface area contributed by atoms with Crippen molar-refractivity contribution in [2.24, 2.45) is 0 Å². The minimum Gasteiger partial charge on any atom is -0.469 e. The monoisotopic (exact) mass is 208 g/mol. The van der Waals surface area contributed by atoms with E-state index in [0.29, 0.717) is 12.8 Å². The number of hydrogen-bond donors (Lipinski definition) is 1. The summed E-state index contributed by atoms with van der Waals surface area (Å²) in [4.78, 5) is 15.2. The highest BCUT2D eigenvalue weighted by Crippen LogP contribution is 2.15. The van der Waals surface area contributed by atoms with Crippen molar-refractivity contribution in [3.05, 3.63) is 30.1 Å². The molecule has 0 aliphatic heterocycles. The van der Waals surface area contributed by atoms with Gasteiger partial charge < -0.3 is 10.1 Å². The molecule has 0 fully saturated rings. The molecule has 1 unspecified atom stereocenters. The van der Waals surface area contributed by atoms with Crippen LogP contribution in [0.25, 0.3) is 0 Å². The van der Waals surface area contributed by atoms with E-state index in [-0.39, 0.29) is 12.0 Å². The van der Waals surface area contributed by atoms with Crippen molar-refractivity contribution in [3.63, 3.8) is 0 Å². The average molecular weight is 208 g/mol. The summed E-state index contributed by atoms with van der Waals surface area (Å²) in [6.07, 6.45) is 2.84. The van der Waals surface area contributed by atoms with Gasteiger partial charge in [0, 0.05) is 18.7 Å². The molecule has 1 N–H and O–H groups in total. The van der Waals surface area contributed by atoms with Gasteiger partial charge in [-0.15, -0.1) is 0 Å². The third-order valence-electron chi connectivity index (χ3n) is 2.26. The number of esters is 1. The summed E-state index contributed by atoms with van der Waals surface area (Å²) in [5.74, 6) is -0.189. The fraction of sp³-hybridized carbons (Fsp3) is 0.455. The predicted octanol–water partition coefficient (Wildman–Crippen LogP) is 1.30. The Balaban J connectivity index is 2.53. The lowest BCUT2D eigenvalue weighted by atomic mass is 10.1. The molecule has 1 aromatic heterocycles. The summed E-state index contributed by atoms with van der Waals surface area (Å²) >= 11 is 0. The smallest absolute Gasteiger partial charge is 0.305 e. The summed E-state index contributed by atoms with van der Waals surface area (Å²) in [5, 5.41) is 3.13. The number of ether oxygens (including phenoxy) is 1. The molecule has 1 aromatic rings. The molecule has 0 saturated carbocycles. The Morgan fingerprint density at radius 3 is 2.93 bits per heavy atom. The minimum absolute atomic E-state index is 0.102. The van der Waals surface area contributed by atoms with E-state index in [4.69, 9.17) is 0 Å². The molecule has 0 aliphatic carbocycles. The Hall–Kier alpha value is -1.42. The molecule has 0 aliphatic rings. The lowest BCUT2D eigenvalue weighted by Crippen LogP contribution is -2.18. The summed E-state index contributed by atoms with van der Waals surface area (Å²) in [6.45, 7) is 0. The molecule has 0 radical (unpaired) electrons. The first-order valence-electron chi connectivity index (χ1n) is 4.93. The van der Waals surface area contributed by atoms with Crippen LogP contribution in [0.2, 0.25) is 0 Å². The van der Waals surface area contributed by atoms with Crippen LogP contribution in [0.4, 0.5) is 0 Å². The number of carbonyl (C=O) groups excluding carboxylic acids is 1. The van der Waals surface area contributed by atoms with Crippen LogP contribution in [-0.2, 0) is 9.53 Å². The van der Waals surface area contributed by atoms with Gasteiger partial charge >= 0.3 is 5.97 Å². The Morgan fingerprint density at radius 1 is 1.60 bits per heavy atom. The maximum Gasteiger partial charge on any atom is 0.305 e. The molecule has 0 bridgehead atoms. The van der Waals surface area contributed by atoms with Crippen LogP contribution in [0.15, 0.2) is 24.4 Å². The lowest BCUT2D eigenvalue weighted by molar-refractivity contribution is -0.140. The number of rotatable bonds is 5. The van der Waals surface area contributed by atoms with Gasteiger partial charge in [-0.25, -0.2) is 0 Å². The maximum atomic E-state index is 11.0. The van der Waals surface area contributed by atoms with Gasteiger partial charge in [0.15, 0.2) is 0 Å². The first-order valence-corrected chi connectivity index (χ1v) is 4.93. The van der Waals surface area contributed by atoms with Gasteiger partial charge in [0.05, 0.1) is 12.8 Å². The van der Waals surface area contributed by atoms with Gasteiger partial charge in [0.1, 0.15) is 0 Å². The molecule has 0 aromatic carbocycles. The number of hydrogen-bond acceptors (Lipinski definition) is 4. The Bertz CT molecular complexity index is 301. The van der Waals surface area contributed by atoms with Crippen molar-refractivity contribution < 1.29 is 9.53 Å². The minimum atomic E-state index is -0.189. The Kier molecular flexibility index (Phi) is 4.77. The number of nitrogens with zero attached hydrogens (tertiary/aromatic N) is 1. The third-order valence-corrected chi connectivity index (χ3v) is 2.26. The zero-order valence-corrected chi connectivity index (χ0v) is 9.06. The van der Waals surface area contributed by atoms with Crippen molar-refractivity contribution in [2.75, 3.05) is 14.2 Å². The Labute approximate surface area is 89.7 Å². The van der Waals surface area contributed by atoms with Crippen LogP contribution >= 0.6 is 0 Å². The highest BCUT2D eigenvalue weighted by Gasteiger charge is 2.12. The number of pyridine rings is 1. The van der Waals surface area contributed by atoms with E-state index in [1.165, 1.54) is 7.11 Å². The predicted molar refractivity (Wildman–Crippen MR) is 57.3 cm³/mol. The molecule has 82 valence electrons. The lowest BCUT2D eigenvalue weighted by Gasteiger charge is -2.14. The van der Waals surface area contributed by atoms with Gasteiger partial charge in [-0.1, -0.05) is 6.07 Å². The summed E-state index contributed by atoms with van der Waals surface area (Å²) < 4.78 is 4.59. The van der Waals surface area contributed by atoms with Gasteiger partial charge in [-0.3, -0.25) is 9.78 Å². The van der Waals surface area contributed by atoms with E-state index in [1.807, 2.05) is 25.2 Å². The molecule has 0 amide bonds. The highest BCUT2D eigenvalue weighted by atomic mass is 16.5. The van der Waals surface area contributed by atoms with Crippen molar-refractivity contribution >= 4 is 5.97 Å². The molecule has 1 rings (SSSR count). The van der Waals surface area contributed by atoms with Crippen LogP contribution in [0.5, 0.6) is 0 Å². The molecular formula is C11H16N2O2. The fourth-order valence-corrected chi connectivity index (χ4v) is 1.39. The Morgan fingerprint density at radius 2 is 2.40 bits per heavy atom. The van der Waals surface area contributed by atoms with Crippen LogP contribution in [0.1, 0.15) is 24.6 Å². The number of nitrogens with one attached hydrogen (secondary N) is 1. The molecule has 1 atom stereocenters. The van der Waals surface area contributed by atoms with E-state index >= 15 is 0 Å². The van der Waals surface area contributed by atoms with Crippen LogP contribution in [-0.4, -0.2) is 25.1 Å². The van der Waals surface area contributed by atoms with E-state index < -0.39 is 0 Å². The van der Waals surface area contributed by atoms with E-state index in [2.05, 4.69) is 15.0 Å². The molecule has 0 saturated heterocycles. The van der Waals surface area contributed by atoms with Crippen LogP contribution < -0.4 is 5.32 Å². The maximum absolute atomic E-state index is 11.0. The standard InChI is InChI=1S/C11H16N2O2/c1-12-9(6-7-11(14)15-2)10-5-3-4-8-13-10/h3-5,8-9,12H,6-7H2,1-2H3. The summed E-state index contributed by atoms with van der Waals surface area (Å²) in [7, 11) is 3.26. The zero-order valence-electron chi connectivity index (χ0n) is 9.06. The summed E-state index contributed by atoms with van der Waals surface area (Å²) in [6, 6.07) is 5.85. The van der Waals surface area contributed by atoms with Crippen molar-refractivity contribution in [1.29, 1.82) is 0 Å². The SMILES string of the molecule is CNC(CCC(=O)OC)c1ccccn1. The zero-order chi connectivity index (χ0) is 11.1. The number of aromatic nitrogens is 1. The second-order valence-electron chi connectivity index (χ2n) is 3.21. The van der Waals surface area contributed by atoms with Crippen molar-refractivity contribution in [1.82, 2.24) is 10.3 Å². The normalized spacial score (nSPS) is 12.1. The topological polar surface area (TPSA) is 51.2 Å². The molecule has 4 nitrogen and oxygen atoms in total. The van der Waals surface area contributed by atoms with E-state index in [1.54, 1.807) is 6.20 Å². The molecule has 0 spiro atoms. The van der Waals surface area contributed by atoms with E-state index in [0.717, 1.165) is 5.69 Å². The van der Waals surface area contributed by atoms with Gasteiger partial charge in [-0.2, -0.15) is 0 Å². The first-order chi connectivity index (χ1) is 7.27. The average Bonchev–Trinajstić information content (AvgIpc) is 2.31. The first kappa shape index (κ1) is 11.7. The third kappa shape index (κ3) is 3.67. The van der Waals surface area contributed by atoms with Crippen LogP contribution in [0, 0.1) is 0 Å². The van der Waals surface area contributed by atoms with Gasteiger partial charge in [0.2, 0.25) is 0 Å². The van der Waals surface area contributed by atoms with Gasteiger partial charge in [0.25, 0.3) is 0 Å². The second-order valence-corrected chi connectivity index (χ2v) is 3.21. The van der Waals surface area contributed by atoms with Gasteiger partial charge in [-0.05, 0) is 25.6 Å². The molecule has 15 heavy (non-hydrogen) atoms. The number of carbonyl (C=O) groups is 1. The van der Waals surface area contributed by atoms with Crippen molar-refractivity contribution in [2.45, 2.75) is 18.9 Å². The largest absolute Gasteiger partial charge is 0.469 e. The van der Waals surface area contributed by atoms with E-state index in [9.17, 15) is 4.79 Å². The molecular weight excluding hydrogens is 192 g/mol. The quantitative estimate of drug-likeness (QED) is 0.741. The summed E-state index contributed by atoms with van der Waals surface area (Å²) in [5.41, 5.74) is 0.948. The second kappa shape index (κ2) is 6.14. The number of methoxy groups -OCH3 is 1. The highest BCUT2D eigenvalue weighted by molar-refractivity contribution is 5.69. The fourth-order valence-electron chi connectivity index (χ4n) is 1.39.